The highest BCUT2D eigenvalue weighted by Crippen LogP contribution is 2.39. The molecule has 3 amide bonds. The quantitative estimate of drug-likeness (QED) is 0.553. The molecular weight excluding hydrogens is 456 g/mol. The largest absolute Gasteiger partial charge is 0.497 e. The van der Waals surface area contributed by atoms with Crippen molar-refractivity contribution in [2.75, 3.05) is 41.0 Å². The van der Waals surface area contributed by atoms with E-state index in [1.807, 2.05) is 49.6 Å². The molecule has 0 unspecified atom stereocenters. The summed E-state index contributed by atoms with van der Waals surface area (Å²) >= 11 is 1.57. The van der Waals surface area contributed by atoms with Gasteiger partial charge in [0.2, 0.25) is 0 Å². The van der Waals surface area contributed by atoms with Crippen molar-refractivity contribution in [2.24, 2.45) is 5.10 Å². The van der Waals surface area contributed by atoms with Crippen LogP contribution in [0.4, 0.5) is 4.79 Å². The number of amides is 3. The highest BCUT2D eigenvalue weighted by molar-refractivity contribution is 7.12. The van der Waals surface area contributed by atoms with Crippen molar-refractivity contribution < 1.29 is 23.8 Å². The molecule has 1 aromatic carbocycles. The molecule has 1 aliphatic heterocycles. The molecular formula is C24H32N4O5S. The number of methoxy groups -OCH3 is 3. The normalized spacial score (nSPS) is 15.3. The average molecular weight is 489 g/mol. The zero-order valence-electron chi connectivity index (χ0n) is 20.2. The van der Waals surface area contributed by atoms with E-state index >= 15 is 0 Å². The Bertz CT molecular complexity index is 1010. The summed E-state index contributed by atoms with van der Waals surface area (Å²) < 4.78 is 16.2. The van der Waals surface area contributed by atoms with Crippen LogP contribution in [0.3, 0.4) is 0 Å². The third-order valence-corrected chi connectivity index (χ3v) is 6.28. The first kappa shape index (κ1) is 25.5. The molecule has 10 heteroatoms. The fourth-order valence-corrected chi connectivity index (χ4v) is 4.42. The molecule has 0 saturated heterocycles. The number of hydrogen-bond acceptors (Lipinski definition) is 7. The molecule has 0 radical (unpaired) electrons. The summed E-state index contributed by atoms with van der Waals surface area (Å²) in [5.41, 5.74) is 1.61. The molecule has 1 N–H and O–H groups in total. The van der Waals surface area contributed by atoms with Crippen LogP contribution in [-0.4, -0.2) is 74.6 Å². The summed E-state index contributed by atoms with van der Waals surface area (Å²) in [5.74, 6) is 1.00. The van der Waals surface area contributed by atoms with E-state index in [2.05, 4.69) is 5.32 Å². The zero-order chi connectivity index (χ0) is 24.7. The van der Waals surface area contributed by atoms with Crippen molar-refractivity contribution in [3.8, 4) is 11.5 Å². The second kappa shape index (κ2) is 11.8. The Morgan fingerprint density at radius 1 is 1.24 bits per heavy atom. The number of hydrogen-bond donors (Lipinski definition) is 1. The number of carbonyl (C=O) groups is 2. The Hall–Kier alpha value is -3.11. The monoisotopic (exact) mass is 488 g/mol. The molecule has 2 aromatic rings. The Labute approximate surface area is 204 Å². The van der Waals surface area contributed by atoms with Crippen molar-refractivity contribution >= 4 is 29.0 Å². The molecule has 0 aliphatic carbocycles. The third kappa shape index (κ3) is 6.06. The molecule has 34 heavy (non-hydrogen) atoms. The predicted molar refractivity (Wildman–Crippen MR) is 132 cm³/mol. The Balaban J connectivity index is 1.93. The van der Waals surface area contributed by atoms with Crippen LogP contribution < -0.4 is 14.8 Å². The fourth-order valence-electron chi connectivity index (χ4n) is 3.70. The summed E-state index contributed by atoms with van der Waals surface area (Å²) in [6.07, 6.45) is 0.520. The maximum Gasteiger partial charge on any atom is 0.318 e. The molecule has 1 atom stereocenters. The lowest BCUT2D eigenvalue weighted by atomic mass is 9.99. The molecule has 184 valence electrons. The van der Waals surface area contributed by atoms with Gasteiger partial charge in [-0.25, -0.2) is 9.80 Å². The molecule has 0 spiro atoms. The molecule has 1 aliphatic rings. The average Bonchev–Trinajstić information content (AvgIpc) is 3.50. The third-order valence-electron chi connectivity index (χ3n) is 5.36. The highest BCUT2D eigenvalue weighted by atomic mass is 32.1. The van der Waals surface area contributed by atoms with Gasteiger partial charge in [-0.05, 0) is 43.5 Å². The number of hydrazone groups is 1. The van der Waals surface area contributed by atoms with Crippen LogP contribution in [0.2, 0.25) is 0 Å². The lowest BCUT2D eigenvalue weighted by Crippen LogP contribution is -2.48. The van der Waals surface area contributed by atoms with E-state index in [9.17, 15) is 9.59 Å². The van der Waals surface area contributed by atoms with E-state index in [4.69, 9.17) is 19.3 Å². The number of rotatable bonds is 10. The maximum absolute atomic E-state index is 13.5. The van der Waals surface area contributed by atoms with E-state index in [0.29, 0.717) is 24.5 Å². The van der Waals surface area contributed by atoms with Gasteiger partial charge >= 0.3 is 6.03 Å². The standard InChI is InChI=1S/C24H32N4O5S/c1-16(2)25-24(30)27(10-11-31-3)15-23(29)28-20(14-19(26-28)22-7-6-12-34-22)18-13-17(32-4)8-9-21(18)33-5/h6-9,12-13,16,20H,10-11,14-15H2,1-5H3,(H,25,30)/t20-/m0/s1. The van der Waals surface area contributed by atoms with Crippen LogP contribution >= 0.6 is 11.3 Å². The second-order valence-electron chi connectivity index (χ2n) is 8.11. The van der Waals surface area contributed by atoms with E-state index in [1.54, 1.807) is 32.7 Å². The van der Waals surface area contributed by atoms with E-state index in [1.165, 1.54) is 9.91 Å². The number of benzene rings is 1. The molecule has 3 rings (SSSR count). The van der Waals surface area contributed by atoms with Gasteiger partial charge < -0.3 is 24.4 Å². The summed E-state index contributed by atoms with van der Waals surface area (Å²) in [5, 5.41) is 11.0. The van der Waals surface area contributed by atoms with Gasteiger partial charge in [0.25, 0.3) is 5.91 Å². The summed E-state index contributed by atoms with van der Waals surface area (Å²) in [6.45, 7) is 4.21. The van der Waals surface area contributed by atoms with Gasteiger partial charge in [-0.15, -0.1) is 11.3 Å². The van der Waals surface area contributed by atoms with Crippen LogP contribution in [0.5, 0.6) is 11.5 Å². The number of nitrogens with one attached hydrogen (secondary N) is 1. The Kier molecular flexibility index (Phi) is 8.89. The molecule has 0 saturated carbocycles. The summed E-state index contributed by atoms with van der Waals surface area (Å²) in [6, 6.07) is 8.66. The predicted octanol–water partition coefficient (Wildman–Crippen LogP) is 3.51. The van der Waals surface area contributed by atoms with Gasteiger partial charge in [-0.1, -0.05) is 6.07 Å². The molecule has 9 nitrogen and oxygen atoms in total. The Morgan fingerprint density at radius 2 is 2.03 bits per heavy atom. The van der Waals surface area contributed by atoms with Gasteiger partial charge in [-0.3, -0.25) is 4.79 Å². The topological polar surface area (TPSA) is 92.7 Å². The first-order valence-corrected chi connectivity index (χ1v) is 12.0. The number of ether oxygens (including phenoxy) is 3. The van der Waals surface area contributed by atoms with Gasteiger partial charge in [0, 0.05) is 31.7 Å². The number of nitrogens with zero attached hydrogens (tertiary/aromatic N) is 3. The maximum atomic E-state index is 13.5. The summed E-state index contributed by atoms with van der Waals surface area (Å²) in [4.78, 5) is 28.7. The molecule has 1 aromatic heterocycles. The Morgan fingerprint density at radius 3 is 2.65 bits per heavy atom. The fraction of sp³-hybridized carbons (Fsp3) is 0.458. The van der Waals surface area contributed by atoms with E-state index in [0.717, 1.165) is 16.2 Å². The lowest BCUT2D eigenvalue weighted by molar-refractivity contribution is -0.133. The van der Waals surface area contributed by atoms with E-state index < -0.39 is 6.04 Å². The van der Waals surface area contributed by atoms with Crippen molar-refractivity contribution in [1.29, 1.82) is 0 Å². The molecule has 0 bridgehead atoms. The van der Waals surface area contributed by atoms with Crippen molar-refractivity contribution in [3.05, 3.63) is 46.2 Å². The van der Waals surface area contributed by atoms with Crippen molar-refractivity contribution in [3.63, 3.8) is 0 Å². The number of urea groups is 1. The highest BCUT2D eigenvalue weighted by Gasteiger charge is 2.36. The smallest absolute Gasteiger partial charge is 0.318 e. The SMILES string of the molecule is COCCN(CC(=O)N1N=C(c2cccs2)C[C@H]1c1cc(OC)ccc1OC)C(=O)NC(C)C. The van der Waals surface area contributed by atoms with Gasteiger partial charge in [0.1, 0.15) is 18.0 Å². The van der Waals surface area contributed by atoms with Gasteiger partial charge in [0.05, 0.1) is 37.5 Å². The first-order valence-electron chi connectivity index (χ1n) is 11.1. The van der Waals surface area contributed by atoms with Crippen molar-refractivity contribution in [2.45, 2.75) is 32.4 Å². The minimum absolute atomic E-state index is 0.0586. The van der Waals surface area contributed by atoms with Crippen LogP contribution in [0.15, 0.2) is 40.8 Å². The van der Waals surface area contributed by atoms with Crippen LogP contribution in [0, 0.1) is 0 Å². The van der Waals surface area contributed by atoms with Crippen LogP contribution in [0.1, 0.15) is 36.8 Å². The minimum Gasteiger partial charge on any atom is -0.497 e. The van der Waals surface area contributed by atoms with Gasteiger partial charge in [-0.2, -0.15) is 5.10 Å². The summed E-state index contributed by atoms with van der Waals surface area (Å²) in [7, 11) is 4.75. The van der Waals surface area contributed by atoms with Crippen LogP contribution in [0.25, 0.3) is 0 Å². The van der Waals surface area contributed by atoms with E-state index in [-0.39, 0.29) is 31.1 Å². The van der Waals surface area contributed by atoms with Crippen molar-refractivity contribution in [1.82, 2.24) is 15.2 Å². The molecule has 0 fully saturated rings. The zero-order valence-corrected chi connectivity index (χ0v) is 21.1. The number of thiophene rings is 1. The number of carbonyl (C=O) groups excluding carboxylic acids is 2. The van der Waals surface area contributed by atoms with Crippen LogP contribution in [-0.2, 0) is 9.53 Å². The second-order valence-corrected chi connectivity index (χ2v) is 9.06. The van der Waals surface area contributed by atoms with Gasteiger partial charge in [0.15, 0.2) is 0 Å². The molecule has 2 heterocycles. The minimum atomic E-state index is -0.396. The lowest BCUT2D eigenvalue weighted by Gasteiger charge is -2.28. The first-order chi connectivity index (χ1) is 16.4.